The SMILES string of the molecule is COc1c(N2CCCC(=C(Cl)CN)CC2)c(F)cc2c(=O)c(C(=O)O)cn(C3CC3)c12. The van der Waals surface area contributed by atoms with Crippen molar-refractivity contribution in [1.82, 2.24) is 4.57 Å². The van der Waals surface area contributed by atoms with Crippen molar-refractivity contribution in [2.45, 2.75) is 38.1 Å². The predicted octanol–water partition coefficient (Wildman–Crippen LogP) is 3.62. The molecule has 1 aromatic carbocycles. The first-order valence-electron chi connectivity index (χ1n) is 10.4. The van der Waals surface area contributed by atoms with E-state index in [2.05, 4.69) is 0 Å². The van der Waals surface area contributed by atoms with Gasteiger partial charge in [-0.1, -0.05) is 17.2 Å². The first-order chi connectivity index (χ1) is 14.9. The molecule has 9 heteroatoms. The maximum Gasteiger partial charge on any atom is 0.341 e. The number of carbonyl (C=O) groups is 1. The number of nitrogens with two attached hydrogens (primary N) is 1. The van der Waals surface area contributed by atoms with Gasteiger partial charge in [-0.2, -0.15) is 0 Å². The quantitative estimate of drug-likeness (QED) is 0.723. The Balaban J connectivity index is 1.90. The van der Waals surface area contributed by atoms with Gasteiger partial charge in [-0.15, -0.1) is 0 Å². The van der Waals surface area contributed by atoms with Gasteiger partial charge in [0.1, 0.15) is 11.3 Å². The van der Waals surface area contributed by atoms with E-state index in [0.717, 1.165) is 37.3 Å². The highest BCUT2D eigenvalue weighted by Crippen LogP contribution is 2.44. The third kappa shape index (κ3) is 3.90. The summed E-state index contributed by atoms with van der Waals surface area (Å²) in [6, 6.07) is 1.21. The second-order valence-corrected chi connectivity index (χ2v) is 8.46. The Bertz CT molecular complexity index is 1140. The summed E-state index contributed by atoms with van der Waals surface area (Å²) >= 11 is 6.25. The van der Waals surface area contributed by atoms with Gasteiger partial charge in [0.25, 0.3) is 0 Å². The monoisotopic (exact) mass is 449 g/mol. The molecule has 1 saturated heterocycles. The van der Waals surface area contributed by atoms with E-state index in [-0.39, 0.29) is 35.0 Å². The van der Waals surface area contributed by atoms with Gasteiger partial charge < -0.3 is 25.0 Å². The average Bonchev–Trinajstić information content (AvgIpc) is 3.60. The second-order valence-electron chi connectivity index (χ2n) is 8.01. The lowest BCUT2D eigenvalue weighted by Crippen LogP contribution is -2.27. The Morgan fingerprint density at radius 2 is 2.10 bits per heavy atom. The predicted molar refractivity (Wildman–Crippen MR) is 118 cm³/mol. The van der Waals surface area contributed by atoms with Crippen LogP contribution in [0.4, 0.5) is 10.1 Å². The number of aromatic nitrogens is 1. The fourth-order valence-electron chi connectivity index (χ4n) is 4.35. The molecule has 3 N–H and O–H groups in total. The van der Waals surface area contributed by atoms with Crippen molar-refractivity contribution >= 4 is 34.2 Å². The number of aromatic carboxylic acids is 1. The van der Waals surface area contributed by atoms with E-state index in [9.17, 15) is 14.7 Å². The fraction of sp³-hybridized carbons (Fsp3) is 0.455. The van der Waals surface area contributed by atoms with Crippen molar-refractivity contribution in [1.29, 1.82) is 0 Å². The Hall–Kier alpha value is -2.58. The van der Waals surface area contributed by atoms with Crippen molar-refractivity contribution in [3.05, 3.63) is 44.5 Å². The zero-order chi connectivity index (χ0) is 22.3. The molecule has 0 amide bonds. The van der Waals surface area contributed by atoms with E-state index in [1.165, 1.54) is 13.3 Å². The number of halogens is 2. The molecule has 0 radical (unpaired) electrons. The number of methoxy groups -OCH3 is 1. The minimum Gasteiger partial charge on any atom is -0.492 e. The smallest absolute Gasteiger partial charge is 0.341 e. The van der Waals surface area contributed by atoms with E-state index in [0.29, 0.717) is 30.1 Å². The minimum atomic E-state index is -1.33. The Kier molecular flexibility index (Phi) is 5.94. The van der Waals surface area contributed by atoms with Crippen LogP contribution < -0.4 is 20.8 Å². The molecule has 166 valence electrons. The zero-order valence-electron chi connectivity index (χ0n) is 17.3. The van der Waals surface area contributed by atoms with Gasteiger partial charge in [-0.05, 0) is 38.2 Å². The highest BCUT2D eigenvalue weighted by Gasteiger charge is 2.31. The Morgan fingerprint density at radius 3 is 2.71 bits per heavy atom. The third-order valence-electron chi connectivity index (χ3n) is 6.04. The van der Waals surface area contributed by atoms with Crippen LogP contribution in [0, 0.1) is 5.82 Å². The van der Waals surface area contributed by atoms with E-state index in [4.69, 9.17) is 22.1 Å². The maximum atomic E-state index is 15.4. The number of anilines is 1. The molecule has 7 nitrogen and oxygen atoms in total. The number of carboxylic acid groups (broad SMARTS) is 1. The van der Waals surface area contributed by atoms with E-state index in [1.54, 1.807) is 4.57 Å². The highest BCUT2D eigenvalue weighted by molar-refractivity contribution is 6.30. The number of nitrogens with zero attached hydrogens (tertiary/aromatic N) is 2. The van der Waals surface area contributed by atoms with Gasteiger partial charge in [0.05, 0.1) is 18.0 Å². The molecule has 0 atom stereocenters. The number of rotatable bonds is 5. The summed E-state index contributed by atoms with van der Waals surface area (Å²) in [7, 11) is 1.44. The molecule has 1 aliphatic heterocycles. The van der Waals surface area contributed by atoms with Gasteiger partial charge in [0.15, 0.2) is 11.6 Å². The van der Waals surface area contributed by atoms with E-state index < -0.39 is 17.2 Å². The van der Waals surface area contributed by atoms with Crippen molar-refractivity contribution in [3.8, 4) is 5.75 Å². The van der Waals surface area contributed by atoms with Crippen molar-refractivity contribution < 1.29 is 19.0 Å². The number of ether oxygens (including phenoxy) is 1. The standard InChI is InChI=1S/C22H25ClFN3O4/c1-31-21-18-14(20(28)15(22(29)30)11-27(18)13-4-5-13)9-17(24)19(21)26-7-2-3-12(6-8-26)16(23)10-25/h9,11,13H,2-8,10,25H2,1H3,(H,29,30). The molecule has 31 heavy (non-hydrogen) atoms. The maximum absolute atomic E-state index is 15.4. The van der Waals surface area contributed by atoms with Gasteiger partial charge in [-0.3, -0.25) is 4.79 Å². The molecule has 1 aliphatic carbocycles. The number of pyridine rings is 1. The summed E-state index contributed by atoms with van der Waals surface area (Å²) in [5.74, 6) is -1.68. The number of hydrogen-bond donors (Lipinski definition) is 2. The van der Waals surface area contributed by atoms with Gasteiger partial charge >= 0.3 is 5.97 Å². The van der Waals surface area contributed by atoms with Crippen LogP contribution in [-0.4, -0.2) is 42.4 Å². The summed E-state index contributed by atoms with van der Waals surface area (Å²) in [6.45, 7) is 1.41. The van der Waals surface area contributed by atoms with Crippen molar-refractivity contribution in [2.24, 2.45) is 5.73 Å². The van der Waals surface area contributed by atoms with Crippen LogP contribution in [0.15, 0.2) is 27.7 Å². The topological polar surface area (TPSA) is 97.8 Å². The van der Waals surface area contributed by atoms with Gasteiger partial charge in [-0.25, -0.2) is 9.18 Å². The Labute approximate surface area is 183 Å². The van der Waals surface area contributed by atoms with E-state index in [1.807, 2.05) is 4.90 Å². The van der Waals surface area contributed by atoms with Crippen LogP contribution >= 0.6 is 11.6 Å². The summed E-state index contributed by atoms with van der Waals surface area (Å²) in [5.41, 5.74) is 6.40. The molecular formula is C22H25ClFN3O4. The molecule has 2 heterocycles. The molecule has 0 spiro atoms. The number of carboxylic acids is 1. The average molecular weight is 450 g/mol. The van der Waals surface area contributed by atoms with Crippen LogP contribution in [0.25, 0.3) is 10.9 Å². The molecule has 0 bridgehead atoms. The molecule has 1 aromatic heterocycles. The lowest BCUT2D eigenvalue weighted by molar-refractivity contribution is 0.0695. The summed E-state index contributed by atoms with van der Waals surface area (Å²) in [5, 5.41) is 10.1. The first kappa shape index (κ1) is 21.6. The first-order valence-corrected chi connectivity index (χ1v) is 10.7. The second kappa shape index (κ2) is 8.51. The fourth-order valence-corrected chi connectivity index (χ4v) is 4.54. The normalized spacial score (nSPS) is 18.8. The molecule has 2 aromatic rings. The summed E-state index contributed by atoms with van der Waals surface area (Å²) in [6.07, 6.45) is 5.31. The van der Waals surface area contributed by atoms with Crippen molar-refractivity contribution in [3.63, 3.8) is 0 Å². The zero-order valence-corrected chi connectivity index (χ0v) is 18.0. The lowest BCUT2D eigenvalue weighted by atomic mass is 10.1. The molecule has 2 aliphatic rings. The number of benzene rings is 1. The van der Waals surface area contributed by atoms with Crippen LogP contribution in [0.5, 0.6) is 5.75 Å². The van der Waals surface area contributed by atoms with Gasteiger partial charge in [0, 0.05) is 36.9 Å². The van der Waals surface area contributed by atoms with Crippen LogP contribution in [0.1, 0.15) is 48.5 Å². The highest BCUT2D eigenvalue weighted by atomic mass is 35.5. The molecular weight excluding hydrogens is 425 g/mol. The third-order valence-corrected chi connectivity index (χ3v) is 6.46. The molecule has 0 unspecified atom stereocenters. The number of hydrogen-bond acceptors (Lipinski definition) is 5. The summed E-state index contributed by atoms with van der Waals surface area (Å²) in [4.78, 5) is 26.3. The lowest BCUT2D eigenvalue weighted by Gasteiger charge is -2.27. The van der Waals surface area contributed by atoms with Crippen LogP contribution in [0.2, 0.25) is 0 Å². The number of fused-ring (bicyclic) bond motifs is 1. The van der Waals surface area contributed by atoms with Gasteiger partial charge in [0.2, 0.25) is 5.43 Å². The van der Waals surface area contributed by atoms with E-state index >= 15 is 4.39 Å². The molecule has 2 fully saturated rings. The largest absolute Gasteiger partial charge is 0.492 e. The van der Waals surface area contributed by atoms with Crippen LogP contribution in [-0.2, 0) is 0 Å². The minimum absolute atomic E-state index is 0.0199. The van der Waals surface area contributed by atoms with Crippen LogP contribution in [0.3, 0.4) is 0 Å². The van der Waals surface area contributed by atoms with Crippen molar-refractivity contribution in [2.75, 3.05) is 31.6 Å². The molecule has 1 saturated carbocycles. The Morgan fingerprint density at radius 1 is 1.35 bits per heavy atom. The molecule has 4 rings (SSSR count). The summed E-state index contributed by atoms with van der Waals surface area (Å²) < 4.78 is 22.8.